The molecular weight excluding hydrogens is 212 g/mol. The molecule has 2 rings (SSSR count). The monoisotopic (exact) mass is 226 g/mol. The molecule has 0 radical (unpaired) electrons. The normalized spacial score (nSPS) is 17.7. The van der Waals surface area contributed by atoms with E-state index in [4.69, 9.17) is 22.7 Å². The molecule has 1 aromatic rings. The lowest BCUT2D eigenvalue weighted by Gasteiger charge is -2.12. The summed E-state index contributed by atoms with van der Waals surface area (Å²) in [6.45, 7) is 1.94. The minimum Gasteiger partial charge on any atom is -0.388 e. The first-order valence-corrected chi connectivity index (χ1v) is 5.33. The van der Waals surface area contributed by atoms with Crippen LogP contribution in [0.4, 0.5) is 0 Å². The van der Waals surface area contributed by atoms with Gasteiger partial charge >= 0.3 is 0 Å². The Morgan fingerprint density at radius 2 is 2.33 bits per heavy atom. The minimum absolute atomic E-state index is 0.0860. The number of methoxy groups -OCH3 is 1. The number of nitrogens with two attached hydrogens (primary N) is 1. The highest BCUT2D eigenvalue weighted by Crippen LogP contribution is 2.37. The van der Waals surface area contributed by atoms with Gasteiger partial charge in [-0.05, 0) is 19.8 Å². The summed E-state index contributed by atoms with van der Waals surface area (Å²) < 4.78 is 7.18. The van der Waals surface area contributed by atoms with Crippen LogP contribution in [0.5, 0.6) is 0 Å². The standard InChI is InChI=1S/C9H14N4OS/c1-5(14-2)8-7(9(10)15)11-12-13(8)6-3-4-6/h5-6H,3-4H2,1-2H3,(H2,10,15). The molecule has 0 bridgehead atoms. The van der Waals surface area contributed by atoms with Gasteiger partial charge in [0.2, 0.25) is 0 Å². The summed E-state index contributed by atoms with van der Waals surface area (Å²) in [6, 6.07) is 0.452. The Balaban J connectivity index is 2.43. The summed E-state index contributed by atoms with van der Waals surface area (Å²) in [7, 11) is 1.65. The van der Waals surface area contributed by atoms with Crippen molar-refractivity contribution in [1.29, 1.82) is 0 Å². The van der Waals surface area contributed by atoms with Crippen LogP contribution in [0.3, 0.4) is 0 Å². The molecule has 1 heterocycles. The summed E-state index contributed by atoms with van der Waals surface area (Å²) >= 11 is 4.94. The maximum Gasteiger partial charge on any atom is 0.145 e. The Morgan fingerprint density at radius 3 is 2.80 bits per heavy atom. The van der Waals surface area contributed by atoms with Crippen LogP contribution in [0.1, 0.15) is 43.3 Å². The van der Waals surface area contributed by atoms with E-state index in [1.54, 1.807) is 7.11 Å². The maximum atomic E-state index is 5.60. The molecule has 5 nitrogen and oxygen atoms in total. The van der Waals surface area contributed by atoms with Crippen LogP contribution in [-0.4, -0.2) is 27.1 Å². The molecule has 6 heteroatoms. The number of aromatic nitrogens is 3. The molecular formula is C9H14N4OS. The number of rotatable bonds is 4. The van der Waals surface area contributed by atoms with E-state index in [-0.39, 0.29) is 11.1 Å². The molecule has 0 saturated heterocycles. The van der Waals surface area contributed by atoms with E-state index in [0.717, 1.165) is 18.5 Å². The maximum absolute atomic E-state index is 5.60. The molecule has 2 N–H and O–H groups in total. The van der Waals surface area contributed by atoms with Crippen molar-refractivity contribution in [3.8, 4) is 0 Å². The summed E-state index contributed by atoms with van der Waals surface area (Å²) in [5.74, 6) is 0. The number of nitrogens with zero attached hydrogens (tertiary/aromatic N) is 3. The van der Waals surface area contributed by atoms with Gasteiger partial charge in [0.15, 0.2) is 0 Å². The van der Waals surface area contributed by atoms with Crippen molar-refractivity contribution in [2.24, 2.45) is 5.73 Å². The largest absolute Gasteiger partial charge is 0.388 e. The Labute approximate surface area is 93.6 Å². The molecule has 82 valence electrons. The Kier molecular flexibility index (Phi) is 2.70. The van der Waals surface area contributed by atoms with Crippen LogP contribution < -0.4 is 5.73 Å². The van der Waals surface area contributed by atoms with Crippen LogP contribution in [0, 0.1) is 0 Å². The minimum atomic E-state index is -0.0860. The Morgan fingerprint density at radius 1 is 1.67 bits per heavy atom. The number of ether oxygens (including phenoxy) is 1. The Bertz CT molecular complexity index is 385. The molecule has 1 saturated carbocycles. The lowest BCUT2D eigenvalue weighted by Crippen LogP contribution is -2.16. The van der Waals surface area contributed by atoms with Crippen molar-refractivity contribution >= 4 is 17.2 Å². The van der Waals surface area contributed by atoms with Crippen LogP contribution in [0.2, 0.25) is 0 Å². The van der Waals surface area contributed by atoms with Gasteiger partial charge in [0.05, 0.1) is 17.8 Å². The fourth-order valence-electron chi connectivity index (χ4n) is 1.56. The van der Waals surface area contributed by atoms with Crippen molar-refractivity contribution in [3.63, 3.8) is 0 Å². The highest BCUT2D eigenvalue weighted by atomic mass is 32.1. The van der Waals surface area contributed by atoms with E-state index in [1.165, 1.54) is 0 Å². The van der Waals surface area contributed by atoms with Crippen molar-refractivity contribution < 1.29 is 4.74 Å². The molecule has 1 aliphatic carbocycles. The van der Waals surface area contributed by atoms with Crippen molar-refractivity contribution in [2.75, 3.05) is 7.11 Å². The zero-order valence-electron chi connectivity index (χ0n) is 8.80. The molecule has 15 heavy (non-hydrogen) atoms. The predicted octanol–water partition coefficient (Wildman–Crippen LogP) is 0.955. The van der Waals surface area contributed by atoms with Gasteiger partial charge in [-0.1, -0.05) is 17.4 Å². The zero-order valence-corrected chi connectivity index (χ0v) is 9.62. The van der Waals surface area contributed by atoms with Gasteiger partial charge in [-0.3, -0.25) is 0 Å². The molecule has 1 unspecified atom stereocenters. The van der Waals surface area contributed by atoms with Crippen molar-refractivity contribution in [3.05, 3.63) is 11.4 Å². The van der Waals surface area contributed by atoms with Crippen molar-refractivity contribution in [2.45, 2.75) is 31.9 Å². The molecule has 0 amide bonds. The predicted molar refractivity (Wildman–Crippen MR) is 59.6 cm³/mol. The first-order chi connectivity index (χ1) is 7.15. The molecule has 1 aromatic heterocycles. The quantitative estimate of drug-likeness (QED) is 0.774. The average Bonchev–Trinajstić information content (AvgIpc) is 2.95. The van der Waals surface area contributed by atoms with Gasteiger partial charge in [0, 0.05) is 7.11 Å². The molecule has 1 fully saturated rings. The average molecular weight is 226 g/mol. The van der Waals surface area contributed by atoms with Gasteiger partial charge in [-0.15, -0.1) is 5.10 Å². The van der Waals surface area contributed by atoms with E-state index < -0.39 is 0 Å². The third-order valence-corrected chi connectivity index (χ3v) is 2.79. The number of hydrogen-bond donors (Lipinski definition) is 1. The fourth-order valence-corrected chi connectivity index (χ4v) is 1.70. The Hall–Kier alpha value is -1.01. The van der Waals surface area contributed by atoms with Gasteiger partial charge < -0.3 is 10.5 Å². The lowest BCUT2D eigenvalue weighted by molar-refractivity contribution is 0.111. The van der Waals surface area contributed by atoms with Crippen molar-refractivity contribution in [1.82, 2.24) is 15.0 Å². The summed E-state index contributed by atoms with van der Waals surface area (Å²) in [4.78, 5) is 0.279. The van der Waals surface area contributed by atoms with E-state index in [2.05, 4.69) is 10.3 Å². The van der Waals surface area contributed by atoms with Gasteiger partial charge in [-0.25, -0.2) is 4.68 Å². The second kappa shape index (κ2) is 3.86. The second-order valence-corrected chi connectivity index (χ2v) is 4.18. The summed E-state index contributed by atoms with van der Waals surface area (Å²) in [6.07, 6.45) is 2.20. The zero-order chi connectivity index (χ0) is 11.0. The van der Waals surface area contributed by atoms with Crippen LogP contribution in [0.15, 0.2) is 0 Å². The van der Waals surface area contributed by atoms with Crippen LogP contribution in [0.25, 0.3) is 0 Å². The topological polar surface area (TPSA) is 66.0 Å². The third-order valence-electron chi connectivity index (χ3n) is 2.60. The fraction of sp³-hybridized carbons (Fsp3) is 0.667. The molecule has 0 spiro atoms. The van der Waals surface area contributed by atoms with Crippen LogP contribution >= 0.6 is 12.2 Å². The third kappa shape index (κ3) is 1.87. The molecule has 1 atom stereocenters. The number of hydrogen-bond acceptors (Lipinski definition) is 4. The highest BCUT2D eigenvalue weighted by molar-refractivity contribution is 7.80. The smallest absolute Gasteiger partial charge is 0.145 e. The van der Waals surface area contributed by atoms with E-state index in [1.807, 2.05) is 11.6 Å². The second-order valence-electron chi connectivity index (χ2n) is 3.74. The van der Waals surface area contributed by atoms with E-state index >= 15 is 0 Å². The SMILES string of the molecule is COC(C)c1c(C(N)=S)nnn1C1CC1. The van der Waals surface area contributed by atoms with E-state index in [0.29, 0.717) is 11.7 Å². The van der Waals surface area contributed by atoms with Crippen LogP contribution in [-0.2, 0) is 4.74 Å². The molecule has 1 aliphatic rings. The summed E-state index contributed by atoms with van der Waals surface area (Å²) in [5, 5.41) is 8.10. The number of thiocarbonyl (C=S) groups is 1. The van der Waals surface area contributed by atoms with Gasteiger partial charge in [-0.2, -0.15) is 0 Å². The first kappa shape index (κ1) is 10.5. The first-order valence-electron chi connectivity index (χ1n) is 4.92. The van der Waals surface area contributed by atoms with E-state index in [9.17, 15) is 0 Å². The highest BCUT2D eigenvalue weighted by Gasteiger charge is 2.31. The summed E-state index contributed by atoms with van der Waals surface area (Å²) in [5.41, 5.74) is 7.09. The molecule has 0 aromatic carbocycles. The van der Waals surface area contributed by atoms with Gasteiger partial charge in [0.25, 0.3) is 0 Å². The molecule has 0 aliphatic heterocycles. The van der Waals surface area contributed by atoms with Gasteiger partial charge in [0.1, 0.15) is 10.7 Å². The lowest BCUT2D eigenvalue weighted by atomic mass is 10.2.